The van der Waals surface area contributed by atoms with Crippen LogP contribution in [0, 0.1) is 0 Å². The van der Waals surface area contributed by atoms with Gasteiger partial charge in [-0.05, 0) is 36.4 Å². The maximum Gasteiger partial charge on any atom is 0.260 e. The Bertz CT molecular complexity index is 582. The van der Waals surface area contributed by atoms with Gasteiger partial charge in [-0.3, -0.25) is 14.3 Å². The fraction of sp³-hybridized carbons (Fsp3) is 0. The predicted octanol–water partition coefficient (Wildman–Crippen LogP) is 2.51. The molecule has 0 aliphatic rings. The molecule has 0 saturated carbocycles. The van der Waals surface area contributed by atoms with Crippen molar-refractivity contribution in [3.8, 4) is 0 Å². The van der Waals surface area contributed by atoms with E-state index in [1.165, 1.54) is 0 Å². The number of benzene rings is 2. The van der Waals surface area contributed by atoms with E-state index in [0.29, 0.717) is 11.1 Å². The summed E-state index contributed by atoms with van der Waals surface area (Å²) >= 11 is 3.68. The highest BCUT2D eigenvalue weighted by molar-refractivity contribution is 7.78. The summed E-state index contributed by atoms with van der Waals surface area (Å²) in [5.74, 6) is -0.526. The fourth-order valence-electron chi connectivity index (χ4n) is 1.56. The third kappa shape index (κ3) is 3.35. The van der Waals surface area contributed by atoms with Gasteiger partial charge in [0.25, 0.3) is 11.8 Å². The Morgan fingerprint density at radius 1 is 0.789 bits per heavy atom. The van der Waals surface area contributed by atoms with Crippen molar-refractivity contribution < 1.29 is 9.59 Å². The van der Waals surface area contributed by atoms with Crippen LogP contribution in [0.3, 0.4) is 0 Å². The van der Waals surface area contributed by atoms with Gasteiger partial charge >= 0.3 is 0 Å². The Morgan fingerprint density at radius 2 is 1.32 bits per heavy atom. The van der Waals surface area contributed by atoms with Gasteiger partial charge in [0.2, 0.25) is 0 Å². The third-order valence-electron chi connectivity index (χ3n) is 2.54. The minimum Gasteiger partial charge on any atom is -0.322 e. The molecule has 2 rings (SSSR count). The van der Waals surface area contributed by atoms with Gasteiger partial charge in [-0.1, -0.05) is 31.0 Å². The summed E-state index contributed by atoms with van der Waals surface area (Å²) in [6.07, 6.45) is 0. The second-order valence-electron chi connectivity index (χ2n) is 3.84. The smallest absolute Gasteiger partial charge is 0.260 e. The SMILES string of the molecule is O=C(NS)c1ccc(C(=O)Nc2ccccc2)cc1. The van der Waals surface area contributed by atoms with Gasteiger partial charge in [-0.25, -0.2) is 0 Å². The largest absolute Gasteiger partial charge is 0.322 e. The number of nitrogens with one attached hydrogen (secondary N) is 2. The van der Waals surface area contributed by atoms with Crippen LogP contribution < -0.4 is 10.0 Å². The molecule has 0 aliphatic heterocycles. The van der Waals surface area contributed by atoms with Crippen molar-refractivity contribution in [3.63, 3.8) is 0 Å². The lowest BCUT2D eigenvalue weighted by atomic mass is 10.1. The summed E-state index contributed by atoms with van der Waals surface area (Å²) in [7, 11) is 0. The molecule has 0 bridgehead atoms. The van der Waals surface area contributed by atoms with Gasteiger partial charge in [-0.2, -0.15) is 0 Å². The number of hydrogen-bond acceptors (Lipinski definition) is 3. The lowest BCUT2D eigenvalue weighted by Crippen LogP contribution is -2.14. The number of carbonyl (C=O) groups is 2. The van der Waals surface area contributed by atoms with Crippen LogP contribution in [0.2, 0.25) is 0 Å². The van der Waals surface area contributed by atoms with Gasteiger partial charge in [0.05, 0.1) is 0 Å². The Labute approximate surface area is 116 Å². The van der Waals surface area contributed by atoms with E-state index in [9.17, 15) is 9.59 Å². The van der Waals surface area contributed by atoms with Crippen molar-refractivity contribution in [2.75, 3.05) is 5.32 Å². The van der Waals surface area contributed by atoms with Crippen LogP contribution >= 0.6 is 12.8 Å². The van der Waals surface area contributed by atoms with Crippen LogP contribution in [0.15, 0.2) is 54.6 Å². The molecular weight excluding hydrogens is 260 g/mol. The molecule has 0 unspecified atom stereocenters. The molecule has 4 nitrogen and oxygen atoms in total. The van der Waals surface area contributed by atoms with Crippen LogP contribution in [0.25, 0.3) is 0 Å². The maximum absolute atomic E-state index is 11.9. The number of anilines is 1. The van der Waals surface area contributed by atoms with Crippen LogP contribution in [0.5, 0.6) is 0 Å². The summed E-state index contributed by atoms with van der Waals surface area (Å²) in [5.41, 5.74) is 1.66. The first-order chi connectivity index (χ1) is 9.20. The normalized spacial score (nSPS) is 9.74. The fourth-order valence-corrected chi connectivity index (χ4v) is 1.69. The first-order valence-corrected chi connectivity index (χ1v) is 6.06. The summed E-state index contributed by atoms with van der Waals surface area (Å²) in [6.45, 7) is 0. The molecule has 0 heterocycles. The van der Waals surface area contributed by atoms with Crippen LogP contribution in [0.4, 0.5) is 5.69 Å². The van der Waals surface area contributed by atoms with Crippen molar-refractivity contribution in [3.05, 3.63) is 65.7 Å². The molecule has 5 heteroatoms. The lowest BCUT2D eigenvalue weighted by molar-refractivity contribution is 0.0981. The Morgan fingerprint density at radius 3 is 1.84 bits per heavy atom. The molecule has 19 heavy (non-hydrogen) atoms. The van der Waals surface area contributed by atoms with E-state index in [1.807, 2.05) is 18.2 Å². The van der Waals surface area contributed by atoms with E-state index in [1.54, 1.807) is 36.4 Å². The molecule has 0 aromatic heterocycles. The maximum atomic E-state index is 11.9. The van der Waals surface area contributed by atoms with Crippen molar-refractivity contribution in [2.24, 2.45) is 0 Å². The molecule has 2 aromatic rings. The van der Waals surface area contributed by atoms with Crippen molar-refractivity contribution in [2.45, 2.75) is 0 Å². The second kappa shape index (κ2) is 6.06. The molecule has 0 radical (unpaired) electrons. The average Bonchev–Trinajstić information content (AvgIpc) is 2.47. The number of para-hydroxylation sites is 1. The molecule has 2 amide bonds. The zero-order valence-electron chi connectivity index (χ0n) is 9.96. The average molecular weight is 272 g/mol. The van der Waals surface area contributed by atoms with E-state index >= 15 is 0 Å². The van der Waals surface area contributed by atoms with Crippen molar-refractivity contribution >= 4 is 30.3 Å². The minimum atomic E-state index is -0.307. The number of amides is 2. The zero-order valence-corrected chi connectivity index (χ0v) is 10.9. The highest BCUT2D eigenvalue weighted by Gasteiger charge is 2.08. The molecule has 0 aliphatic carbocycles. The van der Waals surface area contributed by atoms with E-state index in [-0.39, 0.29) is 11.8 Å². The van der Waals surface area contributed by atoms with E-state index < -0.39 is 0 Å². The standard InChI is InChI=1S/C14H12N2O2S/c17-13(15-12-4-2-1-3-5-12)10-6-8-11(9-7-10)14(18)16-19/h1-9,19H,(H,15,17)(H,16,18). The van der Waals surface area contributed by atoms with E-state index in [4.69, 9.17) is 0 Å². The first kappa shape index (κ1) is 13.2. The molecule has 2 N–H and O–H groups in total. The monoisotopic (exact) mass is 272 g/mol. The third-order valence-corrected chi connectivity index (χ3v) is 2.75. The second-order valence-corrected chi connectivity index (χ2v) is 4.06. The summed E-state index contributed by atoms with van der Waals surface area (Å²) in [5, 5.41) is 2.77. The zero-order chi connectivity index (χ0) is 13.7. The summed E-state index contributed by atoms with van der Waals surface area (Å²) < 4.78 is 2.22. The lowest BCUT2D eigenvalue weighted by Gasteiger charge is -2.05. The highest BCUT2D eigenvalue weighted by atomic mass is 32.1. The van der Waals surface area contributed by atoms with E-state index in [2.05, 4.69) is 22.9 Å². The van der Waals surface area contributed by atoms with Gasteiger partial charge in [-0.15, -0.1) is 0 Å². The van der Waals surface area contributed by atoms with Crippen LogP contribution in [-0.2, 0) is 0 Å². The summed E-state index contributed by atoms with van der Waals surface area (Å²) in [4.78, 5) is 23.2. The van der Waals surface area contributed by atoms with Crippen molar-refractivity contribution in [1.82, 2.24) is 4.72 Å². The highest BCUT2D eigenvalue weighted by Crippen LogP contribution is 2.10. The number of rotatable bonds is 3. The Balaban J connectivity index is 2.10. The molecular formula is C14H12N2O2S. The van der Waals surface area contributed by atoms with E-state index in [0.717, 1.165) is 5.69 Å². The molecule has 2 aromatic carbocycles. The Hall–Kier alpha value is -2.27. The molecule has 96 valence electrons. The molecule has 0 spiro atoms. The molecule has 0 atom stereocenters. The van der Waals surface area contributed by atoms with Gasteiger partial charge in [0.1, 0.15) is 0 Å². The Kier molecular flexibility index (Phi) is 4.20. The van der Waals surface area contributed by atoms with Gasteiger partial charge < -0.3 is 5.32 Å². The molecule has 0 fully saturated rings. The minimum absolute atomic E-state index is 0.218. The predicted molar refractivity (Wildman–Crippen MR) is 77.3 cm³/mol. The van der Waals surface area contributed by atoms with Gasteiger partial charge in [0.15, 0.2) is 0 Å². The van der Waals surface area contributed by atoms with Crippen molar-refractivity contribution in [1.29, 1.82) is 0 Å². The number of carbonyl (C=O) groups excluding carboxylic acids is 2. The van der Waals surface area contributed by atoms with Crippen LogP contribution in [-0.4, -0.2) is 11.8 Å². The summed E-state index contributed by atoms with van der Waals surface area (Å²) in [6, 6.07) is 15.5. The van der Waals surface area contributed by atoms with Gasteiger partial charge in [0, 0.05) is 16.8 Å². The topological polar surface area (TPSA) is 58.2 Å². The van der Waals surface area contributed by atoms with Crippen LogP contribution in [0.1, 0.15) is 20.7 Å². The number of hydrogen-bond donors (Lipinski definition) is 3. The quantitative estimate of drug-likeness (QED) is 0.752. The number of thiol groups is 1. The first-order valence-electron chi connectivity index (χ1n) is 5.61. The molecule has 0 saturated heterocycles.